The molecule has 3 rings (SSSR count). The Labute approximate surface area is 153 Å². The lowest BCUT2D eigenvalue weighted by atomic mass is 10.2. The average molecular weight is 381 g/mol. The predicted molar refractivity (Wildman–Crippen MR) is 93.9 cm³/mol. The lowest BCUT2D eigenvalue weighted by Gasteiger charge is -2.12. The lowest BCUT2D eigenvalue weighted by molar-refractivity contribution is -0.142. The number of amides is 1. The monoisotopic (exact) mass is 380 g/mol. The first-order valence-corrected chi connectivity index (χ1v) is 9.11. The van der Waals surface area contributed by atoms with Crippen LogP contribution in [-0.2, 0) is 22.6 Å². The van der Waals surface area contributed by atoms with Crippen molar-refractivity contribution in [2.75, 3.05) is 0 Å². The van der Waals surface area contributed by atoms with Crippen molar-refractivity contribution in [3.05, 3.63) is 45.4 Å². The third-order valence-electron chi connectivity index (χ3n) is 3.79. The zero-order valence-corrected chi connectivity index (χ0v) is 14.8. The van der Waals surface area contributed by atoms with Gasteiger partial charge in [-0.05, 0) is 43.0 Å². The topological polar surface area (TPSA) is 88.5 Å². The van der Waals surface area contributed by atoms with Crippen LogP contribution in [0.3, 0.4) is 0 Å². The van der Waals surface area contributed by atoms with Gasteiger partial charge in [0, 0.05) is 10.4 Å². The van der Waals surface area contributed by atoms with E-state index < -0.39 is 12.0 Å². The van der Waals surface area contributed by atoms with E-state index in [1.807, 2.05) is 0 Å². The van der Waals surface area contributed by atoms with Crippen molar-refractivity contribution in [2.45, 2.75) is 31.9 Å². The third-order valence-corrected chi connectivity index (χ3v) is 4.92. The van der Waals surface area contributed by atoms with Crippen molar-refractivity contribution >= 4 is 34.8 Å². The molecular weight excluding hydrogens is 364 g/mol. The van der Waals surface area contributed by atoms with E-state index in [0.717, 1.165) is 17.8 Å². The van der Waals surface area contributed by atoms with Gasteiger partial charge in [-0.2, -0.15) is 0 Å². The van der Waals surface area contributed by atoms with Crippen LogP contribution in [0.1, 0.15) is 23.5 Å². The van der Waals surface area contributed by atoms with Crippen LogP contribution in [0, 0.1) is 5.92 Å². The van der Waals surface area contributed by atoms with E-state index >= 15 is 0 Å². The van der Waals surface area contributed by atoms with Gasteiger partial charge in [-0.15, -0.1) is 11.3 Å². The molecule has 0 spiro atoms. The number of halogens is 1. The lowest BCUT2D eigenvalue weighted by Crippen LogP contribution is -2.43. The Balaban J connectivity index is 1.49. The maximum absolute atomic E-state index is 12.0. The SMILES string of the molecule is O=C(Cc1csc(COc2ccc(Cl)cc2)n1)NC(C(=O)O)C1CC1. The molecule has 6 nitrogen and oxygen atoms in total. The summed E-state index contributed by atoms with van der Waals surface area (Å²) in [4.78, 5) is 27.5. The number of carbonyl (C=O) groups is 2. The van der Waals surface area contributed by atoms with Gasteiger partial charge in [0.2, 0.25) is 5.91 Å². The summed E-state index contributed by atoms with van der Waals surface area (Å²) in [5.41, 5.74) is 0.608. The molecule has 1 aromatic carbocycles. The number of carboxylic acid groups (broad SMARTS) is 1. The van der Waals surface area contributed by atoms with Crippen LogP contribution in [0.2, 0.25) is 5.02 Å². The number of hydrogen-bond acceptors (Lipinski definition) is 5. The first-order valence-electron chi connectivity index (χ1n) is 7.85. The van der Waals surface area contributed by atoms with Crippen molar-refractivity contribution in [3.8, 4) is 5.75 Å². The molecule has 1 aromatic heterocycles. The molecule has 1 saturated carbocycles. The summed E-state index contributed by atoms with van der Waals surface area (Å²) in [5.74, 6) is -0.561. The highest BCUT2D eigenvalue weighted by Crippen LogP contribution is 2.32. The van der Waals surface area contributed by atoms with Crippen LogP contribution in [0.5, 0.6) is 5.75 Å². The molecular formula is C17H17ClN2O4S. The van der Waals surface area contributed by atoms with E-state index in [4.69, 9.17) is 21.4 Å². The number of hydrogen-bond donors (Lipinski definition) is 2. The molecule has 1 amide bonds. The zero-order chi connectivity index (χ0) is 17.8. The molecule has 25 heavy (non-hydrogen) atoms. The number of benzene rings is 1. The molecule has 0 radical (unpaired) electrons. The molecule has 1 heterocycles. The minimum absolute atomic E-state index is 0.0558. The predicted octanol–water partition coefficient (Wildman–Crippen LogP) is 2.90. The molecule has 1 aliphatic rings. The quantitative estimate of drug-likeness (QED) is 0.735. The van der Waals surface area contributed by atoms with Crippen LogP contribution < -0.4 is 10.1 Å². The number of ether oxygens (including phenoxy) is 1. The molecule has 8 heteroatoms. The normalized spacial score (nSPS) is 14.8. The Morgan fingerprint density at radius 3 is 2.72 bits per heavy atom. The number of carbonyl (C=O) groups excluding carboxylic acids is 1. The number of nitrogens with zero attached hydrogens (tertiary/aromatic N) is 1. The molecule has 0 aliphatic heterocycles. The van der Waals surface area contributed by atoms with E-state index in [9.17, 15) is 9.59 Å². The summed E-state index contributed by atoms with van der Waals surface area (Å²) in [6.07, 6.45) is 1.76. The average Bonchev–Trinajstić information content (AvgIpc) is 3.32. The largest absolute Gasteiger partial charge is 0.486 e. The fraction of sp³-hybridized carbons (Fsp3) is 0.353. The van der Waals surface area contributed by atoms with Crippen LogP contribution in [0.25, 0.3) is 0 Å². The summed E-state index contributed by atoms with van der Waals surface area (Å²) in [6, 6.07) is 6.24. The molecule has 2 N–H and O–H groups in total. The summed E-state index contributed by atoms with van der Waals surface area (Å²) in [6.45, 7) is 0.299. The Kier molecular flexibility index (Phi) is 5.55. The molecule has 132 valence electrons. The number of aliphatic carboxylic acids is 1. The third kappa shape index (κ3) is 5.17. The highest BCUT2D eigenvalue weighted by Gasteiger charge is 2.37. The highest BCUT2D eigenvalue weighted by molar-refractivity contribution is 7.09. The first-order chi connectivity index (χ1) is 12.0. The Hall–Kier alpha value is -2.12. The van der Waals surface area contributed by atoms with Gasteiger partial charge in [0.15, 0.2) is 0 Å². The Bertz CT molecular complexity index is 758. The molecule has 0 saturated heterocycles. The second-order valence-corrected chi connectivity index (χ2v) is 7.25. The van der Waals surface area contributed by atoms with E-state index in [2.05, 4.69) is 10.3 Å². The van der Waals surface area contributed by atoms with Crippen LogP contribution in [0.4, 0.5) is 0 Å². The number of aromatic nitrogens is 1. The van der Waals surface area contributed by atoms with Crippen LogP contribution in [0.15, 0.2) is 29.6 Å². The molecule has 1 atom stereocenters. The molecule has 2 aromatic rings. The van der Waals surface area contributed by atoms with E-state index in [0.29, 0.717) is 23.1 Å². The highest BCUT2D eigenvalue weighted by atomic mass is 35.5. The van der Waals surface area contributed by atoms with Gasteiger partial charge in [-0.3, -0.25) is 4.79 Å². The van der Waals surface area contributed by atoms with Crippen LogP contribution >= 0.6 is 22.9 Å². The molecule has 1 unspecified atom stereocenters. The van der Waals surface area contributed by atoms with E-state index in [1.165, 1.54) is 11.3 Å². The second kappa shape index (κ2) is 7.84. The zero-order valence-electron chi connectivity index (χ0n) is 13.3. The molecule has 1 fully saturated rings. The van der Waals surface area contributed by atoms with Crippen molar-refractivity contribution in [2.24, 2.45) is 5.92 Å². The maximum Gasteiger partial charge on any atom is 0.326 e. The smallest absolute Gasteiger partial charge is 0.326 e. The second-order valence-electron chi connectivity index (χ2n) is 5.87. The van der Waals surface area contributed by atoms with Crippen LogP contribution in [-0.4, -0.2) is 28.0 Å². The van der Waals surface area contributed by atoms with Gasteiger partial charge in [-0.1, -0.05) is 11.6 Å². The van der Waals surface area contributed by atoms with E-state index in [1.54, 1.807) is 29.6 Å². The summed E-state index contributed by atoms with van der Waals surface area (Å²) < 4.78 is 5.61. The molecule has 1 aliphatic carbocycles. The fourth-order valence-electron chi connectivity index (χ4n) is 2.37. The summed E-state index contributed by atoms with van der Waals surface area (Å²) in [5, 5.41) is 14.9. The number of nitrogens with one attached hydrogen (secondary N) is 1. The van der Waals surface area contributed by atoms with Gasteiger partial charge in [-0.25, -0.2) is 9.78 Å². The van der Waals surface area contributed by atoms with Crippen molar-refractivity contribution < 1.29 is 19.4 Å². The van der Waals surface area contributed by atoms with E-state index in [-0.39, 0.29) is 18.2 Å². The Morgan fingerprint density at radius 1 is 1.36 bits per heavy atom. The van der Waals surface area contributed by atoms with Crippen molar-refractivity contribution in [1.82, 2.24) is 10.3 Å². The minimum atomic E-state index is -0.980. The van der Waals surface area contributed by atoms with Crippen molar-refractivity contribution in [1.29, 1.82) is 0 Å². The number of carboxylic acids is 1. The fourth-order valence-corrected chi connectivity index (χ4v) is 3.20. The number of rotatable bonds is 8. The maximum atomic E-state index is 12.0. The number of thiazole rings is 1. The van der Waals surface area contributed by atoms with Gasteiger partial charge in [0.05, 0.1) is 12.1 Å². The summed E-state index contributed by atoms with van der Waals surface area (Å²) in [7, 11) is 0. The molecule has 0 bridgehead atoms. The van der Waals surface area contributed by atoms with Gasteiger partial charge in [0.1, 0.15) is 23.4 Å². The van der Waals surface area contributed by atoms with Gasteiger partial charge >= 0.3 is 5.97 Å². The minimum Gasteiger partial charge on any atom is -0.486 e. The standard InChI is InChI=1S/C17H17ClN2O4S/c18-11-3-5-13(6-4-11)24-8-15-19-12(9-25-15)7-14(21)20-16(17(22)23)10-1-2-10/h3-6,9-10,16H,1-2,7-8H2,(H,20,21)(H,22,23). The van der Waals surface area contributed by atoms with Gasteiger partial charge in [0.25, 0.3) is 0 Å². The Morgan fingerprint density at radius 2 is 2.08 bits per heavy atom. The first kappa shape index (κ1) is 17.7. The summed E-state index contributed by atoms with van der Waals surface area (Å²) >= 11 is 7.22. The van der Waals surface area contributed by atoms with Gasteiger partial charge < -0.3 is 15.2 Å². The van der Waals surface area contributed by atoms with Crippen molar-refractivity contribution in [3.63, 3.8) is 0 Å².